The Kier molecular flexibility index (Phi) is 8.86. The number of benzene rings is 1. The minimum atomic E-state index is -0.968. The molecule has 0 unspecified atom stereocenters. The first-order valence-corrected chi connectivity index (χ1v) is 7.13. The van der Waals surface area contributed by atoms with Crippen LogP contribution in [-0.4, -0.2) is 36.7 Å². The number of aryl methyl sites for hydroxylation is 3. The van der Waals surface area contributed by atoms with Gasteiger partial charge in [0.1, 0.15) is 6.04 Å². The van der Waals surface area contributed by atoms with Gasteiger partial charge < -0.3 is 20.9 Å². The van der Waals surface area contributed by atoms with Crippen LogP contribution in [0.15, 0.2) is 12.1 Å². The summed E-state index contributed by atoms with van der Waals surface area (Å²) in [5.41, 5.74) is 9.27. The van der Waals surface area contributed by atoms with Crippen LogP contribution in [-0.2, 0) is 20.7 Å². The molecule has 0 radical (unpaired) electrons. The SMILES string of the molecule is CCc1cc(C)cc(C)c1N[C@@H](C)C(=O)OC.NCC(=O)O. The summed E-state index contributed by atoms with van der Waals surface area (Å²) in [7, 11) is 1.41. The van der Waals surface area contributed by atoms with Crippen LogP contribution in [0.1, 0.15) is 30.5 Å². The molecule has 22 heavy (non-hydrogen) atoms. The molecule has 1 rings (SSSR count). The lowest BCUT2D eigenvalue weighted by molar-refractivity contribution is -0.141. The fourth-order valence-corrected chi connectivity index (χ4v) is 1.99. The first-order valence-electron chi connectivity index (χ1n) is 7.13. The van der Waals surface area contributed by atoms with Gasteiger partial charge in [-0.15, -0.1) is 0 Å². The van der Waals surface area contributed by atoms with E-state index in [0.29, 0.717) is 0 Å². The summed E-state index contributed by atoms with van der Waals surface area (Å²) in [6, 6.07) is 3.94. The number of carboxylic acid groups (broad SMARTS) is 1. The Morgan fingerprint density at radius 3 is 2.32 bits per heavy atom. The molecule has 4 N–H and O–H groups in total. The lowest BCUT2D eigenvalue weighted by Crippen LogP contribution is -2.28. The number of carbonyl (C=O) groups excluding carboxylic acids is 1. The Hall–Kier alpha value is -2.08. The van der Waals surface area contributed by atoms with Crippen molar-refractivity contribution in [3.63, 3.8) is 0 Å². The van der Waals surface area contributed by atoms with Gasteiger partial charge in [-0.25, -0.2) is 4.79 Å². The van der Waals surface area contributed by atoms with Crippen molar-refractivity contribution in [1.82, 2.24) is 0 Å². The van der Waals surface area contributed by atoms with Gasteiger partial charge in [0.2, 0.25) is 0 Å². The number of carbonyl (C=O) groups is 2. The van der Waals surface area contributed by atoms with Gasteiger partial charge in [0, 0.05) is 5.69 Å². The summed E-state index contributed by atoms with van der Waals surface area (Å²) < 4.78 is 4.72. The maximum Gasteiger partial charge on any atom is 0.327 e. The summed E-state index contributed by atoms with van der Waals surface area (Å²) in [4.78, 5) is 20.7. The molecule has 0 bridgehead atoms. The molecule has 124 valence electrons. The summed E-state index contributed by atoms with van der Waals surface area (Å²) in [5.74, 6) is -1.21. The number of anilines is 1. The molecule has 0 amide bonds. The fraction of sp³-hybridized carbons (Fsp3) is 0.500. The normalized spacial score (nSPS) is 11.0. The molecule has 1 aromatic carbocycles. The standard InChI is InChI=1S/C14H21NO2.C2H5NO2/c1-6-12-8-9(2)7-10(3)13(12)15-11(4)14(16)17-5;3-1-2(4)5/h7-8,11,15H,6H2,1-5H3;1,3H2,(H,4,5)/t11-;/m0./s1. The van der Waals surface area contributed by atoms with Crippen molar-refractivity contribution < 1.29 is 19.4 Å². The zero-order valence-electron chi connectivity index (χ0n) is 13.9. The van der Waals surface area contributed by atoms with Crippen LogP contribution in [0.3, 0.4) is 0 Å². The number of nitrogens with two attached hydrogens (primary N) is 1. The first-order chi connectivity index (χ1) is 10.3. The van der Waals surface area contributed by atoms with Gasteiger partial charge in [0.15, 0.2) is 0 Å². The number of hydrogen-bond donors (Lipinski definition) is 3. The largest absolute Gasteiger partial charge is 0.480 e. The predicted octanol–water partition coefficient (Wildman–Crippen LogP) is 1.87. The molecule has 0 saturated carbocycles. The molecule has 0 aliphatic heterocycles. The molecule has 0 aliphatic rings. The van der Waals surface area contributed by atoms with Crippen molar-refractivity contribution in [1.29, 1.82) is 0 Å². The van der Waals surface area contributed by atoms with Gasteiger partial charge in [-0.1, -0.05) is 24.6 Å². The van der Waals surface area contributed by atoms with E-state index < -0.39 is 5.97 Å². The fourth-order valence-electron chi connectivity index (χ4n) is 1.99. The Morgan fingerprint density at radius 1 is 1.36 bits per heavy atom. The van der Waals surface area contributed by atoms with Gasteiger partial charge in [0.25, 0.3) is 0 Å². The van der Waals surface area contributed by atoms with E-state index in [9.17, 15) is 9.59 Å². The molecular weight excluding hydrogens is 284 g/mol. The number of methoxy groups -OCH3 is 1. The third kappa shape index (κ3) is 6.58. The van der Waals surface area contributed by atoms with E-state index in [1.165, 1.54) is 18.2 Å². The number of nitrogens with one attached hydrogen (secondary N) is 1. The van der Waals surface area contributed by atoms with Crippen molar-refractivity contribution in [2.45, 2.75) is 40.2 Å². The number of hydrogen-bond acceptors (Lipinski definition) is 5. The van der Waals surface area contributed by atoms with E-state index in [-0.39, 0.29) is 18.6 Å². The van der Waals surface area contributed by atoms with Crippen LogP contribution in [0, 0.1) is 13.8 Å². The second kappa shape index (κ2) is 9.78. The molecule has 0 spiro atoms. The monoisotopic (exact) mass is 310 g/mol. The van der Waals surface area contributed by atoms with Crippen molar-refractivity contribution in [3.05, 3.63) is 28.8 Å². The van der Waals surface area contributed by atoms with Crippen LogP contribution in [0.2, 0.25) is 0 Å². The average Bonchev–Trinajstić information content (AvgIpc) is 2.48. The van der Waals surface area contributed by atoms with Gasteiger partial charge in [-0.3, -0.25) is 4.79 Å². The van der Waals surface area contributed by atoms with E-state index in [0.717, 1.165) is 17.7 Å². The molecule has 0 saturated heterocycles. The average molecular weight is 310 g/mol. The van der Waals surface area contributed by atoms with Gasteiger partial charge >= 0.3 is 11.9 Å². The van der Waals surface area contributed by atoms with Gasteiger partial charge in [0.05, 0.1) is 13.7 Å². The lowest BCUT2D eigenvalue weighted by Gasteiger charge is -2.19. The lowest BCUT2D eigenvalue weighted by atomic mass is 10.0. The van der Waals surface area contributed by atoms with Gasteiger partial charge in [-0.05, 0) is 38.3 Å². The maximum absolute atomic E-state index is 11.4. The van der Waals surface area contributed by atoms with E-state index >= 15 is 0 Å². The van der Waals surface area contributed by atoms with E-state index in [2.05, 4.69) is 44.0 Å². The van der Waals surface area contributed by atoms with Crippen LogP contribution in [0.5, 0.6) is 0 Å². The highest BCUT2D eigenvalue weighted by Gasteiger charge is 2.15. The second-order valence-electron chi connectivity index (χ2n) is 4.96. The summed E-state index contributed by atoms with van der Waals surface area (Å²) in [6.45, 7) is 7.78. The van der Waals surface area contributed by atoms with E-state index in [1.807, 2.05) is 6.92 Å². The van der Waals surface area contributed by atoms with Crippen molar-refractivity contribution >= 4 is 17.6 Å². The van der Waals surface area contributed by atoms with Crippen LogP contribution < -0.4 is 11.1 Å². The van der Waals surface area contributed by atoms with Crippen LogP contribution in [0.25, 0.3) is 0 Å². The molecule has 6 heteroatoms. The second-order valence-corrected chi connectivity index (χ2v) is 4.96. The summed E-state index contributed by atoms with van der Waals surface area (Å²) in [6.07, 6.45) is 0.943. The first kappa shape index (κ1) is 19.9. The molecule has 1 atom stereocenters. The van der Waals surface area contributed by atoms with Crippen LogP contribution in [0.4, 0.5) is 5.69 Å². The smallest absolute Gasteiger partial charge is 0.327 e. The molecule has 6 nitrogen and oxygen atoms in total. The van der Waals surface area contributed by atoms with Crippen molar-refractivity contribution in [2.75, 3.05) is 19.0 Å². The Bertz CT molecular complexity index is 515. The number of ether oxygens (including phenoxy) is 1. The topological polar surface area (TPSA) is 102 Å². The zero-order valence-corrected chi connectivity index (χ0v) is 13.9. The number of aliphatic carboxylic acids is 1. The van der Waals surface area contributed by atoms with Crippen molar-refractivity contribution in [3.8, 4) is 0 Å². The minimum absolute atomic E-state index is 0.243. The zero-order chi connectivity index (χ0) is 17.3. The third-order valence-electron chi connectivity index (χ3n) is 3.03. The maximum atomic E-state index is 11.4. The Balaban J connectivity index is 0.000000763. The molecule has 1 aromatic rings. The van der Waals surface area contributed by atoms with E-state index in [1.54, 1.807) is 0 Å². The highest BCUT2D eigenvalue weighted by atomic mass is 16.5. The number of carboxylic acids is 1. The molecule has 0 aromatic heterocycles. The highest BCUT2D eigenvalue weighted by molar-refractivity contribution is 5.79. The third-order valence-corrected chi connectivity index (χ3v) is 3.03. The minimum Gasteiger partial charge on any atom is -0.480 e. The molecular formula is C16H26N2O4. The van der Waals surface area contributed by atoms with Gasteiger partial charge in [-0.2, -0.15) is 0 Å². The molecule has 0 heterocycles. The number of esters is 1. The number of rotatable bonds is 5. The Morgan fingerprint density at radius 2 is 1.91 bits per heavy atom. The summed E-state index contributed by atoms with van der Waals surface area (Å²) in [5, 5.41) is 10.8. The summed E-state index contributed by atoms with van der Waals surface area (Å²) >= 11 is 0. The predicted molar refractivity (Wildman–Crippen MR) is 87.1 cm³/mol. The molecule has 0 aliphatic carbocycles. The quantitative estimate of drug-likeness (QED) is 0.718. The van der Waals surface area contributed by atoms with E-state index in [4.69, 9.17) is 9.84 Å². The van der Waals surface area contributed by atoms with Crippen molar-refractivity contribution in [2.24, 2.45) is 5.73 Å². The van der Waals surface area contributed by atoms with Crippen LogP contribution >= 0.6 is 0 Å². The molecule has 0 fully saturated rings. The Labute approximate surface area is 131 Å². The highest BCUT2D eigenvalue weighted by Crippen LogP contribution is 2.24.